The topological polar surface area (TPSA) is 26.0 Å². The Labute approximate surface area is 117 Å². The van der Waals surface area contributed by atoms with Crippen molar-refractivity contribution in [2.45, 2.75) is 5.92 Å². The molecule has 1 unspecified atom stereocenters. The van der Waals surface area contributed by atoms with Crippen molar-refractivity contribution >= 4 is 16.5 Å². The van der Waals surface area contributed by atoms with Crippen LogP contribution in [0.5, 0.6) is 0 Å². The van der Waals surface area contributed by atoms with Gasteiger partial charge in [-0.3, -0.25) is 0 Å². The summed E-state index contributed by atoms with van der Waals surface area (Å²) in [6.07, 6.45) is 8.16. The van der Waals surface area contributed by atoms with Crippen molar-refractivity contribution in [1.82, 2.24) is 4.98 Å². The monoisotopic (exact) mass is 259 g/mol. The van der Waals surface area contributed by atoms with Crippen LogP contribution in [-0.2, 0) is 0 Å². The van der Waals surface area contributed by atoms with Crippen LogP contribution in [0.25, 0.3) is 16.5 Å². The summed E-state index contributed by atoms with van der Waals surface area (Å²) in [5.41, 5.74) is 3.19. The molecular formula is C18H13NO. The Bertz CT molecular complexity index is 812. The SMILES string of the molecule is C1=CC(c2ccco2)C=C1c1ccc2ccccc2n1. The van der Waals surface area contributed by atoms with Crippen LogP contribution in [-0.4, -0.2) is 4.98 Å². The molecule has 0 spiro atoms. The molecule has 0 amide bonds. The minimum atomic E-state index is 0.216. The summed E-state index contributed by atoms with van der Waals surface area (Å²) in [5, 5.41) is 1.17. The number of hydrogen-bond donors (Lipinski definition) is 0. The summed E-state index contributed by atoms with van der Waals surface area (Å²) in [4.78, 5) is 4.72. The second-order valence-corrected chi connectivity index (χ2v) is 4.91. The molecule has 2 heterocycles. The number of benzene rings is 1. The van der Waals surface area contributed by atoms with Gasteiger partial charge in [0, 0.05) is 5.39 Å². The Hall–Kier alpha value is -2.61. The van der Waals surface area contributed by atoms with E-state index in [2.05, 4.69) is 36.4 Å². The Morgan fingerprint density at radius 2 is 1.90 bits per heavy atom. The molecule has 2 aromatic heterocycles. The normalized spacial score (nSPS) is 17.6. The van der Waals surface area contributed by atoms with Crippen molar-refractivity contribution < 1.29 is 4.42 Å². The summed E-state index contributed by atoms with van der Waals surface area (Å²) >= 11 is 0. The van der Waals surface area contributed by atoms with Crippen LogP contribution in [0.4, 0.5) is 0 Å². The molecule has 0 saturated carbocycles. The molecule has 0 radical (unpaired) electrons. The molecule has 1 atom stereocenters. The minimum Gasteiger partial charge on any atom is -0.468 e. The summed E-state index contributed by atoms with van der Waals surface area (Å²) in [5.74, 6) is 1.19. The molecule has 2 nitrogen and oxygen atoms in total. The van der Waals surface area contributed by atoms with E-state index in [1.807, 2.05) is 30.3 Å². The Morgan fingerprint density at radius 3 is 2.80 bits per heavy atom. The van der Waals surface area contributed by atoms with Gasteiger partial charge in [-0.2, -0.15) is 0 Å². The second kappa shape index (κ2) is 4.49. The van der Waals surface area contributed by atoms with Gasteiger partial charge in [-0.25, -0.2) is 4.98 Å². The largest absolute Gasteiger partial charge is 0.468 e. The highest BCUT2D eigenvalue weighted by atomic mass is 16.3. The minimum absolute atomic E-state index is 0.216. The molecule has 1 aromatic carbocycles. The lowest BCUT2D eigenvalue weighted by atomic mass is 10.1. The van der Waals surface area contributed by atoms with Gasteiger partial charge in [0.1, 0.15) is 5.76 Å². The highest BCUT2D eigenvalue weighted by molar-refractivity contribution is 5.83. The smallest absolute Gasteiger partial charge is 0.114 e. The third kappa shape index (κ3) is 1.86. The molecule has 0 aliphatic heterocycles. The molecule has 1 aliphatic carbocycles. The van der Waals surface area contributed by atoms with Crippen molar-refractivity contribution in [3.8, 4) is 0 Å². The molecule has 0 bridgehead atoms. The van der Waals surface area contributed by atoms with Gasteiger partial charge in [-0.05, 0) is 29.8 Å². The summed E-state index contributed by atoms with van der Waals surface area (Å²) in [7, 11) is 0. The lowest BCUT2D eigenvalue weighted by Crippen LogP contribution is -1.88. The molecule has 4 rings (SSSR count). The fourth-order valence-corrected chi connectivity index (χ4v) is 2.57. The zero-order valence-electron chi connectivity index (χ0n) is 10.9. The van der Waals surface area contributed by atoms with Gasteiger partial charge in [-0.15, -0.1) is 0 Å². The number of hydrogen-bond acceptors (Lipinski definition) is 2. The van der Waals surface area contributed by atoms with E-state index in [4.69, 9.17) is 9.40 Å². The van der Waals surface area contributed by atoms with Crippen molar-refractivity contribution in [3.05, 3.63) is 84.5 Å². The van der Waals surface area contributed by atoms with Crippen LogP contribution in [0, 0.1) is 0 Å². The fourth-order valence-electron chi connectivity index (χ4n) is 2.57. The van der Waals surface area contributed by atoms with E-state index in [1.165, 1.54) is 5.39 Å². The molecule has 20 heavy (non-hydrogen) atoms. The molecule has 96 valence electrons. The van der Waals surface area contributed by atoms with E-state index in [9.17, 15) is 0 Å². The van der Waals surface area contributed by atoms with Crippen LogP contribution in [0.2, 0.25) is 0 Å². The zero-order chi connectivity index (χ0) is 13.4. The zero-order valence-corrected chi connectivity index (χ0v) is 10.9. The maximum absolute atomic E-state index is 5.46. The predicted molar refractivity (Wildman–Crippen MR) is 80.3 cm³/mol. The van der Waals surface area contributed by atoms with Crippen molar-refractivity contribution in [3.63, 3.8) is 0 Å². The number of allylic oxidation sites excluding steroid dienone is 4. The van der Waals surface area contributed by atoms with Gasteiger partial charge in [0.15, 0.2) is 0 Å². The lowest BCUT2D eigenvalue weighted by molar-refractivity contribution is 0.510. The lowest BCUT2D eigenvalue weighted by Gasteiger charge is -2.03. The Kier molecular flexibility index (Phi) is 2.52. The number of aromatic nitrogens is 1. The van der Waals surface area contributed by atoms with Gasteiger partial charge >= 0.3 is 0 Å². The number of furan rings is 1. The fraction of sp³-hybridized carbons (Fsp3) is 0.0556. The third-order valence-electron chi connectivity index (χ3n) is 3.61. The quantitative estimate of drug-likeness (QED) is 0.674. The summed E-state index contributed by atoms with van der Waals surface area (Å²) < 4.78 is 5.46. The van der Waals surface area contributed by atoms with Crippen LogP contribution in [0.3, 0.4) is 0 Å². The average Bonchev–Trinajstić information content (AvgIpc) is 3.17. The molecule has 1 aliphatic rings. The first-order valence-electron chi connectivity index (χ1n) is 6.70. The van der Waals surface area contributed by atoms with Crippen LogP contribution in [0.1, 0.15) is 17.4 Å². The number of rotatable bonds is 2. The first kappa shape index (κ1) is 11.2. The van der Waals surface area contributed by atoms with Gasteiger partial charge in [0.05, 0.1) is 23.4 Å². The van der Waals surface area contributed by atoms with Crippen LogP contribution < -0.4 is 0 Å². The maximum atomic E-state index is 5.46. The number of para-hydroxylation sites is 1. The molecule has 2 heteroatoms. The predicted octanol–water partition coefficient (Wildman–Crippen LogP) is 4.56. The number of nitrogens with zero attached hydrogens (tertiary/aromatic N) is 1. The maximum Gasteiger partial charge on any atom is 0.114 e. The van der Waals surface area contributed by atoms with E-state index < -0.39 is 0 Å². The van der Waals surface area contributed by atoms with E-state index >= 15 is 0 Å². The molecule has 0 saturated heterocycles. The van der Waals surface area contributed by atoms with E-state index in [1.54, 1.807) is 6.26 Å². The van der Waals surface area contributed by atoms with Gasteiger partial charge < -0.3 is 4.42 Å². The second-order valence-electron chi connectivity index (χ2n) is 4.91. The third-order valence-corrected chi connectivity index (χ3v) is 3.61. The van der Waals surface area contributed by atoms with Gasteiger partial charge in [-0.1, -0.05) is 42.5 Å². The van der Waals surface area contributed by atoms with Gasteiger partial charge in [0.25, 0.3) is 0 Å². The molecular weight excluding hydrogens is 246 g/mol. The Morgan fingerprint density at radius 1 is 0.950 bits per heavy atom. The highest BCUT2D eigenvalue weighted by Crippen LogP contribution is 2.31. The molecule has 0 fully saturated rings. The van der Waals surface area contributed by atoms with Gasteiger partial charge in [0.2, 0.25) is 0 Å². The summed E-state index contributed by atoms with van der Waals surface area (Å²) in [6.45, 7) is 0. The van der Waals surface area contributed by atoms with Crippen LogP contribution in [0.15, 0.2) is 77.4 Å². The Balaban J connectivity index is 1.73. The van der Waals surface area contributed by atoms with Crippen molar-refractivity contribution in [1.29, 1.82) is 0 Å². The van der Waals surface area contributed by atoms with Crippen molar-refractivity contribution in [2.75, 3.05) is 0 Å². The van der Waals surface area contributed by atoms with E-state index in [-0.39, 0.29) is 5.92 Å². The van der Waals surface area contributed by atoms with E-state index in [0.717, 1.165) is 22.5 Å². The van der Waals surface area contributed by atoms with Crippen molar-refractivity contribution in [2.24, 2.45) is 0 Å². The highest BCUT2D eigenvalue weighted by Gasteiger charge is 2.15. The first-order valence-corrected chi connectivity index (χ1v) is 6.70. The number of fused-ring (bicyclic) bond motifs is 1. The molecule has 0 N–H and O–H groups in total. The summed E-state index contributed by atoms with van der Waals surface area (Å²) in [6, 6.07) is 16.3. The van der Waals surface area contributed by atoms with E-state index in [0.29, 0.717) is 0 Å². The molecule has 3 aromatic rings. The first-order chi connectivity index (χ1) is 9.90. The standard InChI is InChI=1S/C18H13NO/c1-2-5-16-13(4-1)9-10-17(19-16)14-7-8-15(12-14)18-6-3-11-20-18/h1-12,15H. The number of pyridine rings is 1. The van der Waals surface area contributed by atoms with Crippen LogP contribution >= 0.6 is 0 Å². The average molecular weight is 259 g/mol.